The normalized spacial score (nSPS) is 19.8. The Morgan fingerprint density at radius 3 is 2.21 bits per heavy atom. The van der Waals surface area contributed by atoms with Crippen LogP contribution in [0.4, 0.5) is 11.4 Å². The molecule has 0 bridgehead atoms. The third-order valence-corrected chi connectivity index (χ3v) is 11.8. The van der Waals surface area contributed by atoms with Crippen molar-refractivity contribution in [3.63, 3.8) is 0 Å². The van der Waals surface area contributed by atoms with Gasteiger partial charge in [-0.2, -0.15) is 0 Å². The lowest BCUT2D eigenvalue weighted by molar-refractivity contribution is 0.724. The summed E-state index contributed by atoms with van der Waals surface area (Å²) in [6, 6.07) is 38.9. The predicted molar refractivity (Wildman–Crippen MR) is 203 cm³/mol. The molecule has 1 heterocycles. The average Bonchev–Trinajstić information content (AvgIpc) is 3.76. The van der Waals surface area contributed by atoms with Crippen molar-refractivity contribution in [1.29, 1.82) is 0 Å². The van der Waals surface area contributed by atoms with Crippen molar-refractivity contribution in [1.82, 2.24) is 0 Å². The van der Waals surface area contributed by atoms with Crippen LogP contribution >= 0.6 is 31.9 Å². The van der Waals surface area contributed by atoms with E-state index in [-0.39, 0.29) is 6.04 Å². The minimum atomic E-state index is 0.262. The van der Waals surface area contributed by atoms with Crippen LogP contribution in [-0.4, -0.2) is 6.04 Å². The van der Waals surface area contributed by atoms with Crippen molar-refractivity contribution < 1.29 is 0 Å². The maximum atomic E-state index is 3.77. The lowest BCUT2D eigenvalue weighted by Crippen LogP contribution is -2.28. The SMILES string of the molecule is Brc1cc(Br)cc(N2c3ccc(-c4ccc5c(c4)Cc4ccccc4-5)cc3C3=CC(C4C=CC5=C(Cc6ccccc65)C4)=CCC32)c1. The van der Waals surface area contributed by atoms with Gasteiger partial charge in [-0.25, -0.2) is 0 Å². The van der Waals surface area contributed by atoms with E-state index in [0.29, 0.717) is 5.92 Å². The summed E-state index contributed by atoms with van der Waals surface area (Å²) in [5, 5.41) is 0. The van der Waals surface area contributed by atoms with Crippen LogP contribution in [0.25, 0.3) is 33.4 Å². The summed E-state index contributed by atoms with van der Waals surface area (Å²) in [6.45, 7) is 0. The van der Waals surface area contributed by atoms with E-state index < -0.39 is 0 Å². The number of hydrogen-bond acceptors (Lipinski definition) is 1. The second kappa shape index (κ2) is 10.7. The Hall–Kier alpha value is -4.18. The van der Waals surface area contributed by atoms with E-state index in [1.807, 2.05) is 0 Å². The van der Waals surface area contributed by atoms with Gasteiger partial charge >= 0.3 is 0 Å². The first-order chi connectivity index (χ1) is 23.1. The Morgan fingerprint density at radius 1 is 0.638 bits per heavy atom. The molecular formula is C44H31Br2N. The van der Waals surface area contributed by atoms with Crippen LogP contribution in [0.5, 0.6) is 0 Å². The Kier molecular flexibility index (Phi) is 6.33. The predicted octanol–water partition coefficient (Wildman–Crippen LogP) is 12.3. The first-order valence-electron chi connectivity index (χ1n) is 16.6. The van der Waals surface area contributed by atoms with Gasteiger partial charge in [0.2, 0.25) is 0 Å². The van der Waals surface area contributed by atoms with E-state index in [0.717, 1.165) is 34.6 Å². The highest BCUT2D eigenvalue weighted by Gasteiger charge is 2.38. The molecular weight excluding hydrogens is 702 g/mol. The van der Waals surface area contributed by atoms with Gasteiger partial charge in [0.25, 0.3) is 0 Å². The van der Waals surface area contributed by atoms with Gasteiger partial charge in [-0.1, -0.05) is 135 Å². The van der Waals surface area contributed by atoms with Crippen LogP contribution in [0.15, 0.2) is 148 Å². The van der Waals surface area contributed by atoms with E-state index in [2.05, 4.69) is 164 Å². The van der Waals surface area contributed by atoms with Crippen molar-refractivity contribution in [2.75, 3.05) is 4.90 Å². The van der Waals surface area contributed by atoms with Gasteiger partial charge in [0, 0.05) is 31.8 Å². The fourth-order valence-corrected chi connectivity index (χ4v) is 10.0. The van der Waals surface area contributed by atoms with Crippen molar-refractivity contribution in [2.45, 2.75) is 31.7 Å². The van der Waals surface area contributed by atoms with Crippen LogP contribution < -0.4 is 4.90 Å². The molecule has 0 N–H and O–H groups in total. The summed E-state index contributed by atoms with van der Waals surface area (Å²) in [5.74, 6) is 0.413. The van der Waals surface area contributed by atoms with Gasteiger partial charge in [-0.05, 0) is 117 Å². The van der Waals surface area contributed by atoms with Crippen LogP contribution in [0.2, 0.25) is 0 Å². The Labute approximate surface area is 292 Å². The number of halogens is 2. The molecule has 0 amide bonds. The lowest BCUT2D eigenvalue weighted by Gasteiger charge is -2.31. The fourth-order valence-electron chi connectivity index (χ4n) is 8.73. The van der Waals surface area contributed by atoms with Gasteiger partial charge in [-0.3, -0.25) is 0 Å². The number of rotatable bonds is 3. The Balaban J connectivity index is 1.04. The van der Waals surface area contributed by atoms with E-state index in [4.69, 9.17) is 0 Å². The molecule has 47 heavy (non-hydrogen) atoms. The van der Waals surface area contributed by atoms with Crippen LogP contribution in [0.1, 0.15) is 40.7 Å². The highest BCUT2D eigenvalue weighted by molar-refractivity contribution is 9.11. The topological polar surface area (TPSA) is 3.24 Å². The molecule has 226 valence electrons. The molecule has 2 unspecified atom stereocenters. The van der Waals surface area contributed by atoms with E-state index in [9.17, 15) is 0 Å². The first kappa shape index (κ1) is 27.9. The van der Waals surface area contributed by atoms with Crippen LogP contribution in [0, 0.1) is 5.92 Å². The molecule has 0 radical (unpaired) electrons. The van der Waals surface area contributed by atoms with E-state index in [1.165, 1.54) is 78.2 Å². The number of allylic oxidation sites excluding steroid dienone is 6. The monoisotopic (exact) mass is 731 g/mol. The summed E-state index contributed by atoms with van der Waals surface area (Å²) in [5.41, 5.74) is 20.9. The Morgan fingerprint density at radius 2 is 1.36 bits per heavy atom. The van der Waals surface area contributed by atoms with Gasteiger partial charge in [0.15, 0.2) is 0 Å². The molecule has 2 atom stereocenters. The molecule has 0 aromatic heterocycles. The van der Waals surface area contributed by atoms with Crippen LogP contribution in [-0.2, 0) is 12.8 Å². The minimum Gasteiger partial charge on any atom is -0.333 e. The van der Waals surface area contributed by atoms with Gasteiger partial charge in [0.05, 0.1) is 6.04 Å². The van der Waals surface area contributed by atoms with Crippen LogP contribution in [0.3, 0.4) is 0 Å². The number of fused-ring (bicyclic) bond motifs is 8. The fraction of sp³-hybridized carbons (Fsp3) is 0.136. The quantitative estimate of drug-likeness (QED) is 0.175. The highest BCUT2D eigenvalue weighted by atomic mass is 79.9. The lowest BCUT2D eigenvalue weighted by atomic mass is 9.80. The maximum absolute atomic E-state index is 3.77. The molecule has 3 heteroatoms. The molecule has 0 saturated carbocycles. The molecule has 0 saturated heterocycles. The van der Waals surface area contributed by atoms with Crippen molar-refractivity contribution in [3.05, 3.63) is 175 Å². The molecule has 5 aromatic carbocycles. The second-order valence-corrected chi connectivity index (χ2v) is 15.3. The van der Waals surface area contributed by atoms with Gasteiger partial charge in [-0.15, -0.1) is 0 Å². The number of nitrogens with zero attached hydrogens (tertiary/aromatic N) is 1. The number of hydrogen-bond donors (Lipinski definition) is 0. The zero-order valence-corrected chi connectivity index (χ0v) is 29.0. The average molecular weight is 734 g/mol. The molecule has 10 rings (SSSR count). The molecule has 1 nitrogen and oxygen atoms in total. The smallest absolute Gasteiger partial charge is 0.0633 e. The zero-order valence-electron chi connectivity index (χ0n) is 25.8. The van der Waals surface area contributed by atoms with Crippen molar-refractivity contribution in [2.24, 2.45) is 5.92 Å². The second-order valence-electron chi connectivity index (χ2n) is 13.5. The molecule has 4 aliphatic carbocycles. The Bertz CT molecular complexity index is 2280. The van der Waals surface area contributed by atoms with Crippen molar-refractivity contribution >= 4 is 54.4 Å². The third kappa shape index (κ3) is 4.47. The summed E-state index contributed by atoms with van der Waals surface area (Å²) in [6.07, 6.45) is 14.1. The van der Waals surface area contributed by atoms with Gasteiger partial charge < -0.3 is 4.90 Å². The summed E-state index contributed by atoms with van der Waals surface area (Å²) in [7, 11) is 0. The maximum Gasteiger partial charge on any atom is 0.0633 e. The van der Waals surface area contributed by atoms with E-state index in [1.54, 1.807) is 5.57 Å². The third-order valence-electron chi connectivity index (χ3n) is 10.9. The zero-order chi connectivity index (χ0) is 31.2. The number of benzene rings is 5. The highest BCUT2D eigenvalue weighted by Crippen LogP contribution is 2.52. The number of anilines is 2. The summed E-state index contributed by atoms with van der Waals surface area (Å²) < 4.78 is 2.16. The molecule has 0 fully saturated rings. The summed E-state index contributed by atoms with van der Waals surface area (Å²) >= 11 is 7.53. The summed E-state index contributed by atoms with van der Waals surface area (Å²) in [4.78, 5) is 2.55. The minimum absolute atomic E-state index is 0.262. The molecule has 0 spiro atoms. The molecule has 1 aliphatic heterocycles. The van der Waals surface area contributed by atoms with Crippen molar-refractivity contribution in [3.8, 4) is 22.3 Å². The van der Waals surface area contributed by atoms with E-state index >= 15 is 0 Å². The standard InChI is InChI=1S/C44H31Br2N/c45-34-23-35(46)25-36(24-34)47-43-15-11-28(26-9-13-39-32(17-26)19-30-5-1-3-7-37(30)39)21-41(43)42-22-29(12-16-44(42)47)27-10-14-40-33(18-27)20-31-6-2-4-8-38(31)40/h1-15,17,21-25,27,44H,16,18-20H2. The van der Waals surface area contributed by atoms with Gasteiger partial charge in [0.1, 0.15) is 0 Å². The molecule has 5 aliphatic rings. The largest absolute Gasteiger partial charge is 0.333 e. The first-order valence-corrected chi connectivity index (χ1v) is 18.2. The molecule has 5 aromatic rings.